The average molecular weight is 359 g/mol. The van der Waals surface area contributed by atoms with E-state index in [2.05, 4.69) is 44.0 Å². The van der Waals surface area contributed by atoms with Gasteiger partial charge in [-0.25, -0.2) is 4.79 Å². The lowest BCUT2D eigenvalue weighted by atomic mass is 10.1. The number of carbonyl (C=O) groups is 1. The summed E-state index contributed by atoms with van der Waals surface area (Å²) >= 11 is 0. The lowest BCUT2D eigenvalue weighted by Gasteiger charge is -2.10. The molecule has 138 valence electrons. The van der Waals surface area contributed by atoms with Gasteiger partial charge >= 0.3 is 5.97 Å². The molecule has 0 atom stereocenters. The molecule has 0 amide bonds. The molecule has 3 rings (SSSR count). The monoisotopic (exact) mass is 359 g/mol. The van der Waals surface area contributed by atoms with Gasteiger partial charge in [0.2, 0.25) is 0 Å². The van der Waals surface area contributed by atoms with Crippen LogP contribution in [0.3, 0.4) is 0 Å². The Balaban J connectivity index is 0.000000817. The first-order valence-electron chi connectivity index (χ1n) is 8.83. The zero-order chi connectivity index (χ0) is 19.8. The summed E-state index contributed by atoms with van der Waals surface area (Å²) in [6.45, 7) is 9.31. The Morgan fingerprint density at radius 1 is 1.00 bits per heavy atom. The summed E-state index contributed by atoms with van der Waals surface area (Å²) in [5.41, 5.74) is 5.56. The van der Waals surface area contributed by atoms with E-state index in [0.717, 1.165) is 28.1 Å². The van der Waals surface area contributed by atoms with Gasteiger partial charge < -0.3 is 9.67 Å². The third kappa shape index (κ3) is 4.85. The number of benzene rings is 2. The molecule has 0 saturated carbocycles. The van der Waals surface area contributed by atoms with Gasteiger partial charge in [0.15, 0.2) is 0 Å². The molecule has 1 aromatic heterocycles. The molecule has 3 nitrogen and oxygen atoms in total. The fourth-order valence-corrected chi connectivity index (χ4v) is 2.71. The molecule has 0 aliphatic carbocycles. The van der Waals surface area contributed by atoms with E-state index in [1.54, 1.807) is 24.3 Å². The lowest BCUT2D eigenvalue weighted by Crippen LogP contribution is -2.01. The van der Waals surface area contributed by atoms with E-state index in [9.17, 15) is 9.90 Å². The van der Waals surface area contributed by atoms with Crippen molar-refractivity contribution in [3.63, 3.8) is 0 Å². The maximum Gasteiger partial charge on any atom is 0.335 e. The van der Waals surface area contributed by atoms with E-state index in [1.165, 1.54) is 0 Å². The van der Waals surface area contributed by atoms with Crippen LogP contribution in [0.15, 0.2) is 85.6 Å². The van der Waals surface area contributed by atoms with Crippen molar-refractivity contribution < 1.29 is 9.90 Å². The minimum Gasteiger partial charge on any atom is -0.478 e. The molecule has 0 fully saturated rings. The second-order valence-electron chi connectivity index (χ2n) is 6.09. The van der Waals surface area contributed by atoms with Crippen LogP contribution in [0.2, 0.25) is 0 Å². The van der Waals surface area contributed by atoms with Crippen molar-refractivity contribution in [2.45, 2.75) is 20.8 Å². The Kier molecular flexibility index (Phi) is 6.95. The van der Waals surface area contributed by atoms with Gasteiger partial charge in [-0.2, -0.15) is 0 Å². The normalized spacial score (nSPS) is 10.7. The second-order valence-corrected chi connectivity index (χ2v) is 6.09. The zero-order valence-electron chi connectivity index (χ0n) is 16.0. The summed E-state index contributed by atoms with van der Waals surface area (Å²) in [4.78, 5) is 11.3. The van der Waals surface area contributed by atoms with E-state index >= 15 is 0 Å². The van der Waals surface area contributed by atoms with Gasteiger partial charge in [-0.15, -0.1) is 6.58 Å². The van der Waals surface area contributed by atoms with Crippen molar-refractivity contribution in [1.82, 2.24) is 4.57 Å². The van der Waals surface area contributed by atoms with E-state index in [0.29, 0.717) is 0 Å². The Bertz CT molecular complexity index is 950. The lowest BCUT2D eigenvalue weighted by molar-refractivity contribution is 0.0697. The first kappa shape index (κ1) is 20.0. The van der Waals surface area contributed by atoms with Crippen LogP contribution >= 0.6 is 0 Å². The molecule has 0 aliphatic heterocycles. The molecule has 1 N–H and O–H groups in total. The van der Waals surface area contributed by atoms with Gasteiger partial charge in [0.05, 0.1) is 5.56 Å². The molecule has 27 heavy (non-hydrogen) atoms. The largest absolute Gasteiger partial charge is 0.478 e. The van der Waals surface area contributed by atoms with Gasteiger partial charge in [0.25, 0.3) is 0 Å². The Labute approximate surface area is 160 Å². The van der Waals surface area contributed by atoms with Crippen molar-refractivity contribution in [3.8, 4) is 16.8 Å². The van der Waals surface area contributed by atoms with Crippen LogP contribution in [0.25, 0.3) is 22.4 Å². The molecule has 0 saturated heterocycles. The van der Waals surface area contributed by atoms with Crippen LogP contribution < -0.4 is 0 Å². The van der Waals surface area contributed by atoms with E-state index in [1.807, 2.05) is 42.7 Å². The number of carboxylic acids is 1. The number of carboxylic acid groups (broad SMARTS) is 1. The van der Waals surface area contributed by atoms with Gasteiger partial charge in [-0.3, -0.25) is 0 Å². The molecular formula is C24H25NO2. The molecule has 1 heterocycles. The highest BCUT2D eigenvalue weighted by Gasteiger charge is 2.12. The van der Waals surface area contributed by atoms with E-state index in [-0.39, 0.29) is 5.56 Å². The number of hydrogen-bond acceptors (Lipinski definition) is 1. The van der Waals surface area contributed by atoms with Crippen LogP contribution in [-0.2, 0) is 0 Å². The number of allylic oxidation sites excluding steroid dienone is 3. The third-order valence-electron chi connectivity index (χ3n) is 4.14. The molecule has 0 bridgehead atoms. The summed E-state index contributed by atoms with van der Waals surface area (Å²) in [5, 5.41) is 9.24. The van der Waals surface area contributed by atoms with Crippen molar-refractivity contribution in [1.29, 1.82) is 0 Å². The molecule has 3 heteroatoms. The first-order chi connectivity index (χ1) is 13.0. The molecule has 0 aliphatic rings. The number of nitrogens with zero attached hydrogens (tertiary/aromatic N) is 1. The predicted molar refractivity (Wildman–Crippen MR) is 113 cm³/mol. The standard InChI is InChI=1S/C21H19NO2.C3H6/c1-3-15(2)20-13-18(16-8-5-4-6-9-16)14-22(20)19-11-7-10-17(12-19)21(23)24;1-3-2/h3-14H,1-2H3,(H,23,24);3H,1H2,2H3/b15-3+;. The van der Waals surface area contributed by atoms with Gasteiger partial charge in [0, 0.05) is 23.1 Å². The molecule has 0 radical (unpaired) electrons. The maximum absolute atomic E-state index is 11.3. The highest BCUT2D eigenvalue weighted by molar-refractivity contribution is 5.88. The maximum atomic E-state index is 11.3. The Morgan fingerprint density at radius 2 is 1.67 bits per heavy atom. The minimum atomic E-state index is -0.920. The van der Waals surface area contributed by atoms with Crippen LogP contribution in [0.5, 0.6) is 0 Å². The van der Waals surface area contributed by atoms with Gasteiger partial charge in [0.1, 0.15) is 0 Å². The third-order valence-corrected chi connectivity index (χ3v) is 4.14. The first-order valence-corrected chi connectivity index (χ1v) is 8.83. The van der Waals surface area contributed by atoms with Crippen LogP contribution in [0.1, 0.15) is 36.8 Å². The fourth-order valence-electron chi connectivity index (χ4n) is 2.71. The zero-order valence-corrected chi connectivity index (χ0v) is 16.0. The molecule has 0 spiro atoms. The highest BCUT2D eigenvalue weighted by atomic mass is 16.4. The number of rotatable bonds is 4. The molecule has 2 aromatic carbocycles. The Morgan fingerprint density at radius 3 is 2.26 bits per heavy atom. The summed E-state index contributed by atoms with van der Waals surface area (Å²) in [6, 6.07) is 19.3. The molecular weight excluding hydrogens is 334 g/mol. The number of hydrogen-bond donors (Lipinski definition) is 1. The van der Waals surface area contributed by atoms with Crippen LogP contribution in [0.4, 0.5) is 0 Å². The number of aromatic carboxylic acids is 1. The summed E-state index contributed by atoms with van der Waals surface area (Å²) in [7, 11) is 0. The van der Waals surface area contributed by atoms with Crippen molar-refractivity contribution in [3.05, 3.63) is 96.8 Å². The van der Waals surface area contributed by atoms with Crippen molar-refractivity contribution >= 4 is 11.5 Å². The second kappa shape index (κ2) is 9.39. The number of aromatic nitrogens is 1. The van der Waals surface area contributed by atoms with Gasteiger partial charge in [-0.05, 0) is 56.2 Å². The van der Waals surface area contributed by atoms with E-state index < -0.39 is 5.97 Å². The fraction of sp³-hybridized carbons (Fsp3) is 0.125. The van der Waals surface area contributed by atoms with Crippen LogP contribution in [-0.4, -0.2) is 15.6 Å². The van der Waals surface area contributed by atoms with Crippen molar-refractivity contribution in [2.24, 2.45) is 0 Å². The van der Waals surface area contributed by atoms with E-state index in [4.69, 9.17) is 0 Å². The summed E-state index contributed by atoms with van der Waals surface area (Å²) in [6.07, 6.45) is 5.86. The quantitative estimate of drug-likeness (QED) is 0.543. The highest BCUT2D eigenvalue weighted by Crippen LogP contribution is 2.29. The molecule has 3 aromatic rings. The molecule has 0 unspecified atom stereocenters. The topological polar surface area (TPSA) is 42.2 Å². The van der Waals surface area contributed by atoms with Gasteiger partial charge in [-0.1, -0.05) is 48.6 Å². The summed E-state index contributed by atoms with van der Waals surface area (Å²) < 4.78 is 2.05. The summed E-state index contributed by atoms with van der Waals surface area (Å²) in [5.74, 6) is -0.920. The average Bonchev–Trinajstić information content (AvgIpc) is 3.14. The van der Waals surface area contributed by atoms with Crippen LogP contribution in [0, 0.1) is 0 Å². The SMILES string of the molecule is C/C=C(\C)c1cc(-c2ccccc2)cn1-c1cccc(C(=O)O)c1.C=CC. The van der Waals surface area contributed by atoms with Crippen molar-refractivity contribution in [2.75, 3.05) is 0 Å². The smallest absolute Gasteiger partial charge is 0.335 e. The predicted octanol–water partition coefficient (Wildman–Crippen LogP) is 6.46. The minimum absolute atomic E-state index is 0.284. The Hall–Kier alpha value is -3.33.